The third-order valence-electron chi connectivity index (χ3n) is 2.22. The Kier molecular flexibility index (Phi) is 3.37. The first-order valence-corrected chi connectivity index (χ1v) is 4.86. The minimum absolute atomic E-state index is 0.0821. The molecule has 0 aromatic rings. The van der Waals surface area contributed by atoms with Crippen molar-refractivity contribution in [2.75, 3.05) is 7.11 Å². The molecule has 0 aromatic heterocycles. The van der Waals surface area contributed by atoms with Gasteiger partial charge in [-0.2, -0.15) is 0 Å². The highest BCUT2D eigenvalue weighted by molar-refractivity contribution is 9.09. The molecule has 0 heterocycles. The van der Waals surface area contributed by atoms with Gasteiger partial charge in [0.2, 0.25) is 0 Å². The Hall–Kier alpha value is -0.0500. The maximum atomic E-state index is 10.9. The van der Waals surface area contributed by atoms with Crippen LogP contribution in [0.1, 0.15) is 25.7 Å². The number of hydrogen-bond acceptors (Lipinski definition) is 2. The van der Waals surface area contributed by atoms with Crippen LogP contribution in [-0.2, 0) is 9.53 Å². The van der Waals surface area contributed by atoms with Gasteiger partial charge in [-0.15, -0.1) is 0 Å². The highest BCUT2D eigenvalue weighted by atomic mass is 79.9. The highest BCUT2D eigenvalue weighted by Gasteiger charge is 2.26. The van der Waals surface area contributed by atoms with E-state index < -0.39 is 0 Å². The minimum atomic E-state index is -0.0821. The van der Waals surface area contributed by atoms with Gasteiger partial charge in [0.05, 0.1) is 7.11 Å². The van der Waals surface area contributed by atoms with E-state index in [0.29, 0.717) is 17.2 Å². The van der Waals surface area contributed by atoms with Gasteiger partial charge < -0.3 is 4.74 Å². The monoisotopic (exact) mass is 220 g/mol. The second-order valence-corrected chi connectivity index (χ2v) is 4.16. The Morgan fingerprint density at radius 3 is 2.82 bits per heavy atom. The zero-order valence-corrected chi connectivity index (χ0v) is 8.26. The number of halogens is 1. The third kappa shape index (κ3) is 2.47. The van der Waals surface area contributed by atoms with Crippen molar-refractivity contribution in [3.63, 3.8) is 0 Å². The lowest BCUT2D eigenvalue weighted by atomic mass is 10.0. The van der Waals surface area contributed by atoms with Gasteiger partial charge in [-0.05, 0) is 18.8 Å². The molecule has 1 aliphatic carbocycles. The Morgan fingerprint density at radius 2 is 2.36 bits per heavy atom. The van der Waals surface area contributed by atoms with Crippen LogP contribution >= 0.6 is 15.9 Å². The average molecular weight is 221 g/mol. The lowest BCUT2D eigenvalue weighted by molar-refractivity contribution is -0.141. The van der Waals surface area contributed by atoms with Crippen molar-refractivity contribution in [3.8, 4) is 0 Å². The molecule has 3 heteroatoms. The van der Waals surface area contributed by atoms with E-state index in [-0.39, 0.29) is 5.97 Å². The number of hydrogen-bond donors (Lipinski definition) is 0. The lowest BCUT2D eigenvalue weighted by Gasteiger charge is -2.10. The second kappa shape index (κ2) is 4.10. The van der Waals surface area contributed by atoms with Crippen molar-refractivity contribution in [1.29, 1.82) is 0 Å². The summed E-state index contributed by atoms with van der Waals surface area (Å²) in [6, 6.07) is 0. The fourth-order valence-corrected chi connectivity index (χ4v) is 2.29. The fraction of sp³-hybridized carbons (Fsp3) is 0.875. The number of esters is 1. The van der Waals surface area contributed by atoms with Gasteiger partial charge >= 0.3 is 5.97 Å². The largest absolute Gasteiger partial charge is 0.469 e. The van der Waals surface area contributed by atoms with Gasteiger partial charge in [-0.25, -0.2) is 0 Å². The van der Waals surface area contributed by atoms with E-state index in [1.54, 1.807) is 0 Å². The van der Waals surface area contributed by atoms with Crippen molar-refractivity contribution < 1.29 is 9.53 Å². The van der Waals surface area contributed by atoms with Crippen molar-refractivity contribution in [1.82, 2.24) is 0 Å². The summed E-state index contributed by atoms with van der Waals surface area (Å²) in [5.74, 6) is 0.420. The molecule has 0 aromatic carbocycles. The molecule has 0 spiro atoms. The number of methoxy groups -OCH3 is 1. The van der Waals surface area contributed by atoms with Crippen LogP contribution < -0.4 is 0 Å². The highest BCUT2D eigenvalue weighted by Crippen LogP contribution is 2.33. The number of carbonyl (C=O) groups excluding carboxylic acids is 1. The Labute approximate surface area is 75.4 Å². The van der Waals surface area contributed by atoms with Crippen LogP contribution in [0.25, 0.3) is 0 Å². The SMILES string of the molecule is COC(=O)CC1CCCC1Br. The van der Waals surface area contributed by atoms with Crippen molar-refractivity contribution >= 4 is 21.9 Å². The normalized spacial score (nSPS) is 30.4. The van der Waals surface area contributed by atoms with E-state index in [1.807, 2.05) is 0 Å². The maximum absolute atomic E-state index is 10.9. The smallest absolute Gasteiger partial charge is 0.305 e. The second-order valence-electron chi connectivity index (χ2n) is 2.99. The molecule has 2 nitrogen and oxygen atoms in total. The van der Waals surface area contributed by atoms with Gasteiger partial charge in [0.25, 0.3) is 0 Å². The fourth-order valence-electron chi connectivity index (χ4n) is 1.52. The summed E-state index contributed by atoms with van der Waals surface area (Å²) in [5, 5.41) is 0. The summed E-state index contributed by atoms with van der Waals surface area (Å²) in [6.07, 6.45) is 4.16. The van der Waals surface area contributed by atoms with Crippen LogP contribution in [0, 0.1) is 5.92 Å². The Bertz CT molecular complexity index is 147. The third-order valence-corrected chi connectivity index (χ3v) is 3.43. The summed E-state index contributed by atoms with van der Waals surface area (Å²) >= 11 is 3.55. The molecule has 0 N–H and O–H groups in total. The zero-order valence-electron chi connectivity index (χ0n) is 6.68. The van der Waals surface area contributed by atoms with Crippen molar-refractivity contribution in [3.05, 3.63) is 0 Å². The van der Waals surface area contributed by atoms with Gasteiger partial charge in [-0.3, -0.25) is 4.79 Å². The maximum Gasteiger partial charge on any atom is 0.305 e. The van der Waals surface area contributed by atoms with Crippen LogP contribution in [0.15, 0.2) is 0 Å². The Morgan fingerprint density at radius 1 is 1.64 bits per heavy atom. The van der Waals surface area contributed by atoms with Crippen LogP contribution in [-0.4, -0.2) is 17.9 Å². The first-order chi connectivity index (χ1) is 5.24. The van der Waals surface area contributed by atoms with Gasteiger partial charge in [0.15, 0.2) is 0 Å². The summed E-state index contributed by atoms with van der Waals surface area (Å²) < 4.78 is 4.60. The zero-order chi connectivity index (χ0) is 8.27. The van der Waals surface area contributed by atoms with Gasteiger partial charge in [0, 0.05) is 11.2 Å². The molecule has 0 bridgehead atoms. The molecule has 1 saturated carbocycles. The van der Waals surface area contributed by atoms with E-state index in [4.69, 9.17) is 0 Å². The molecule has 2 unspecified atom stereocenters. The quantitative estimate of drug-likeness (QED) is 0.527. The van der Waals surface area contributed by atoms with Crippen LogP contribution in [0.2, 0.25) is 0 Å². The molecule has 1 rings (SSSR count). The Balaban J connectivity index is 2.30. The lowest BCUT2D eigenvalue weighted by Crippen LogP contribution is -2.13. The van der Waals surface area contributed by atoms with E-state index in [0.717, 1.165) is 6.42 Å². The molecule has 2 atom stereocenters. The van der Waals surface area contributed by atoms with Crippen LogP contribution in [0.3, 0.4) is 0 Å². The molecule has 0 radical (unpaired) electrons. The minimum Gasteiger partial charge on any atom is -0.469 e. The standard InChI is InChI=1S/C8H13BrO2/c1-11-8(10)5-6-3-2-4-7(6)9/h6-7H,2-5H2,1H3. The molecule has 0 amide bonds. The first kappa shape index (κ1) is 9.04. The number of rotatable bonds is 2. The van der Waals surface area contributed by atoms with E-state index in [2.05, 4.69) is 20.7 Å². The molecule has 1 fully saturated rings. The van der Waals surface area contributed by atoms with E-state index in [1.165, 1.54) is 20.0 Å². The summed E-state index contributed by atoms with van der Waals surface area (Å²) in [4.78, 5) is 11.4. The molecular weight excluding hydrogens is 208 g/mol. The number of carbonyl (C=O) groups is 1. The van der Waals surface area contributed by atoms with Crippen molar-refractivity contribution in [2.45, 2.75) is 30.5 Å². The van der Waals surface area contributed by atoms with Gasteiger partial charge in [-0.1, -0.05) is 22.4 Å². The molecule has 11 heavy (non-hydrogen) atoms. The van der Waals surface area contributed by atoms with Crippen LogP contribution in [0.4, 0.5) is 0 Å². The molecule has 64 valence electrons. The van der Waals surface area contributed by atoms with E-state index >= 15 is 0 Å². The summed E-state index contributed by atoms with van der Waals surface area (Å²) in [7, 11) is 1.44. The molecule has 0 aliphatic heterocycles. The predicted molar refractivity (Wildman–Crippen MR) is 46.7 cm³/mol. The summed E-state index contributed by atoms with van der Waals surface area (Å²) in [6.45, 7) is 0. The van der Waals surface area contributed by atoms with E-state index in [9.17, 15) is 4.79 Å². The summed E-state index contributed by atoms with van der Waals surface area (Å²) in [5.41, 5.74) is 0. The number of alkyl halides is 1. The van der Waals surface area contributed by atoms with Crippen molar-refractivity contribution in [2.24, 2.45) is 5.92 Å². The first-order valence-electron chi connectivity index (χ1n) is 3.95. The predicted octanol–water partition coefficient (Wildman–Crippen LogP) is 2.11. The molecule has 0 saturated heterocycles. The average Bonchev–Trinajstić information content (AvgIpc) is 2.37. The topological polar surface area (TPSA) is 26.3 Å². The number of ether oxygens (including phenoxy) is 1. The van der Waals surface area contributed by atoms with Crippen LogP contribution in [0.5, 0.6) is 0 Å². The van der Waals surface area contributed by atoms with Gasteiger partial charge in [0.1, 0.15) is 0 Å². The molecular formula is C8H13BrO2. The molecule has 1 aliphatic rings.